The van der Waals surface area contributed by atoms with Crippen LogP contribution in [0.3, 0.4) is 0 Å². The van der Waals surface area contributed by atoms with E-state index in [1.54, 1.807) is 0 Å². The standard InChI is InChI=1S/C99H74N4/c1-99(2)91-63-78(69-38-49-81(50-39-69)101(84-54-43-66-19-4-7-25-75(66)59-84)94-34-16-28-72-22-10-13-31-87(72)94)46-57-97(91)103-96-56-45-77(68-36-47-80(48-37-68)100(83-53-42-65-18-3-6-24-74(65)58-83)93-33-15-27-71-21-9-12-30-86(71)93)61-89(96)90-62-79(64-92(99)98(90)103)70-40-51-82(52-41-70)102(85-55-44-67-20-5-8-26-76(67)60-85)95-35-17-29-73-23-11-14-32-88(73)95/h3-6,8-24,26-40,42-51,53-60,62-64,77H,7,25,41,52,61H2,1-2H3. The number of fused-ring (bicyclic) bond motifs is 11. The quantitative estimate of drug-likeness (QED) is 0.121. The van der Waals surface area contributed by atoms with Gasteiger partial charge in [0.05, 0.1) is 28.3 Å². The fraction of sp³-hybridized carbons (Fsp3) is 0.0909. The molecule has 1 unspecified atom stereocenters. The Morgan fingerprint density at radius 3 is 1.50 bits per heavy atom. The smallest absolute Gasteiger partial charge is 0.0579 e. The number of aryl methyl sites for hydroxylation is 1. The Morgan fingerprint density at radius 1 is 0.369 bits per heavy atom. The number of hydrogen-bond donors (Lipinski definition) is 0. The molecule has 2 heterocycles. The highest BCUT2D eigenvalue weighted by Crippen LogP contribution is 2.53. The van der Waals surface area contributed by atoms with E-state index in [1.165, 1.54) is 160 Å². The number of hydrogen-bond acceptors (Lipinski definition) is 3. The molecule has 0 spiro atoms. The third-order valence-corrected chi connectivity index (χ3v) is 22.8. The molecule has 4 aliphatic rings. The van der Waals surface area contributed by atoms with Crippen molar-refractivity contribution < 1.29 is 0 Å². The van der Waals surface area contributed by atoms with Crippen molar-refractivity contribution in [2.75, 3.05) is 14.7 Å². The van der Waals surface area contributed by atoms with Gasteiger partial charge in [0, 0.05) is 72.7 Å². The molecule has 0 fully saturated rings. The average molecular weight is 1320 g/mol. The van der Waals surface area contributed by atoms with Crippen LogP contribution in [-0.2, 0) is 18.3 Å². The van der Waals surface area contributed by atoms with E-state index in [0.717, 1.165) is 54.9 Å². The van der Waals surface area contributed by atoms with Gasteiger partial charge in [-0.1, -0.05) is 244 Å². The minimum atomic E-state index is -0.360. The first-order valence-corrected chi connectivity index (χ1v) is 36.6. The lowest BCUT2D eigenvalue weighted by molar-refractivity contribution is 0.628. The van der Waals surface area contributed by atoms with Gasteiger partial charge in [0.1, 0.15) is 0 Å². The highest BCUT2D eigenvalue weighted by molar-refractivity contribution is 6.04. The fourth-order valence-electron chi connectivity index (χ4n) is 17.5. The van der Waals surface area contributed by atoms with Gasteiger partial charge in [-0.25, -0.2) is 0 Å². The van der Waals surface area contributed by atoms with Crippen molar-refractivity contribution in [3.63, 3.8) is 0 Å². The van der Waals surface area contributed by atoms with Gasteiger partial charge < -0.3 is 19.3 Å². The summed E-state index contributed by atoms with van der Waals surface area (Å²) in [4.78, 5) is 7.42. The van der Waals surface area contributed by atoms with Gasteiger partial charge in [0.15, 0.2) is 0 Å². The second kappa shape index (κ2) is 24.4. The lowest BCUT2D eigenvalue weighted by Gasteiger charge is -2.36. The summed E-state index contributed by atoms with van der Waals surface area (Å²) >= 11 is 0. The maximum absolute atomic E-state index is 2.63. The van der Waals surface area contributed by atoms with Gasteiger partial charge in [-0.05, 0) is 241 Å². The molecule has 1 atom stereocenters. The zero-order chi connectivity index (χ0) is 68.3. The molecule has 4 nitrogen and oxygen atoms in total. The Kier molecular flexibility index (Phi) is 14.3. The lowest BCUT2D eigenvalue weighted by atomic mass is 9.73. The van der Waals surface area contributed by atoms with Crippen LogP contribution < -0.4 is 14.7 Å². The Labute approximate surface area is 601 Å². The van der Waals surface area contributed by atoms with Crippen LogP contribution in [0.15, 0.2) is 339 Å². The van der Waals surface area contributed by atoms with E-state index >= 15 is 0 Å². The molecular weight excluding hydrogens is 1250 g/mol. The Hall–Kier alpha value is -12.5. The zero-order valence-electron chi connectivity index (χ0n) is 57.8. The van der Waals surface area contributed by atoms with Crippen LogP contribution in [0.1, 0.15) is 83.7 Å². The second-order valence-corrected chi connectivity index (χ2v) is 29.0. The van der Waals surface area contributed by atoms with Gasteiger partial charge in [-0.3, -0.25) is 0 Å². The van der Waals surface area contributed by atoms with E-state index in [0.29, 0.717) is 0 Å². The first kappa shape index (κ1) is 60.5. The van der Waals surface area contributed by atoms with E-state index in [4.69, 9.17) is 0 Å². The molecule has 1 aromatic heterocycles. The SMILES string of the molecule is CC1(C)c2cc(-c3ccc(N(c4ccc5c(c4)CCC=C5)c4cccc5ccccc45)cc3)ccc2-n2c3c(c4cc(C5=CC=C(N(c6ccc7ccccc7c6)c6cccc7ccccc67)CC5)cc1c42)CC(c1ccc(N(c2ccc4ccccc4c2)c2cccc4ccccc24)cc1)C=C3. The number of nitrogens with zero attached hydrogens (tertiary/aromatic N) is 4. The van der Waals surface area contributed by atoms with E-state index in [2.05, 4.69) is 379 Å². The summed E-state index contributed by atoms with van der Waals surface area (Å²) in [5.41, 5.74) is 27.2. The lowest BCUT2D eigenvalue weighted by Crippen LogP contribution is -2.27. The van der Waals surface area contributed by atoms with Crippen molar-refractivity contribution in [3.8, 4) is 16.8 Å². The average Bonchev–Trinajstić information content (AvgIpc) is 1.55. The van der Waals surface area contributed by atoms with Gasteiger partial charge in [0.2, 0.25) is 0 Å². The largest absolute Gasteiger partial charge is 0.314 e. The topological polar surface area (TPSA) is 14.7 Å². The van der Waals surface area contributed by atoms with Crippen LogP contribution in [0.2, 0.25) is 0 Å². The molecule has 1 aliphatic heterocycles. The van der Waals surface area contributed by atoms with Gasteiger partial charge in [-0.15, -0.1) is 0 Å². The van der Waals surface area contributed by atoms with Crippen molar-refractivity contribution in [3.05, 3.63) is 384 Å². The zero-order valence-corrected chi connectivity index (χ0v) is 57.8. The van der Waals surface area contributed by atoms with Crippen LogP contribution in [0.4, 0.5) is 45.5 Å². The Morgan fingerprint density at radius 2 is 0.883 bits per heavy atom. The third kappa shape index (κ3) is 10.3. The Bertz CT molecular complexity index is 6260. The van der Waals surface area contributed by atoms with E-state index < -0.39 is 0 Å². The molecule has 103 heavy (non-hydrogen) atoms. The monoisotopic (exact) mass is 1320 g/mol. The minimum Gasteiger partial charge on any atom is -0.314 e. The van der Waals surface area contributed by atoms with Crippen LogP contribution in [-0.4, -0.2) is 4.57 Å². The van der Waals surface area contributed by atoms with Crippen molar-refractivity contribution in [1.82, 2.24) is 4.57 Å². The van der Waals surface area contributed by atoms with Gasteiger partial charge in [0.25, 0.3) is 0 Å². The first-order chi connectivity index (χ1) is 50.8. The number of aromatic nitrogens is 1. The van der Waals surface area contributed by atoms with Gasteiger partial charge >= 0.3 is 0 Å². The molecule has 16 aromatic rings. The number of benzene rings is 15. The molecule has 0 saturated heterocycles. The van der Waals surface area contributed by atoms with Gasteiger partial charge in [-0.2, -0.15) is 0 Å². The molecule has 0 saturated carbocycles. The van der Waals surface area contributed by atoms with Crippen molar-refractivity contribution in [2.45, 2.75) is 57.3 Å². The number of anilines is 8. The van der Waals surface area contributed by atoms with Crippen LogP contribution >= 0.6 is 0 Å². The van der Waals surface area contributed by atoms with E-state index in [1.807, 2.05) is 0 Å². The predicted molar refractivity (Wildman–Crippen MR) is 437 cm³/mol. The first-order valence-electron chi connectivity index (χ1n) is 36.6. The van der Waals surface area contributed by atoms with Crippen molar-refractivity contribution in [2.24, 2.45) is 0 Å². The van der Waals surface area contributed by atoms with Crippen LogP contribution in [0, 0.1) is 0 Å². The predicted octanol–water partition coefficient (Wildman–Crippen LogP) is 26.9. The molecule has 4 heteroatoms. The molecule has 0 radical (unpaired) electrons. The highest BCUT2D eigenvalue weighted by atomic mass is 15.2. The molecule has 3 aliphatic carbocycles. The normalized spacial score (nSPS) is 14.9. The minimum absolute atomic E-state index is 0.161. The summed E-state index contributed by atoms with van der Waals surface area (Å²) in [6, 6.07) is 116. The highest BCUT2D eigenvalue weighted by Gasteiger charge is 2.39. The molecule has 0 N–H and O–H groups in total. The van der Waals surface area contributed by atoms with Crippen LogP contribution in [0.25, 0.3) is 99.3 Å². The summed E-state index contributed by atoms with van der Waals surface area (Å²) in [5, 5.41) is 13.6. The summed E-state index contributed by atoms with van der Waals surface area (Å²) in [6.45, 7) is 4.95. The third-order valence-electron chi connectivity index (χ3n) is 22.8. The fourth-order valence-corrected chi connectivity index (χ4v) is 17.5. The molecule has 0 bridgehead atoms. The van der Waals surface area contributed by atoms with Crippen LogP contribution in [0.5, 0.6) is 0 Å². The number of allylic oxidation sites excluding steroid dienone is 6. The van der Waals surface area contributed by atoms with E-state index in [9.17, 15) is 0 Å². The molecule has 15 aromatic carbocycles. The summed E-state index contributed by atoms with van der Waals surface area (Å²) in [5.74, 6) is 0.161. The molecule has 0 amide bonds. The maximum atomic E-state index is 2.63. The Balaban J connectivity index is 0.705. The van der Waals surface area contributed by atoms with E-state index in [-0.39, 0.29) is 11.3 Å². The molecule has 20 rings (SSSR count). The van der Waals surface area contributed by atoms with Crippen molar-refractivity contribution >= 4 is 128 Å². The number of rotatable bonds is 12. The maximum Gasteiger partial charge on any atom is 0.0579 e. The summed E-state index contributed by atoms with van der Waals surface area (Å²) < 4.78 is 2.63. The molecule has 490 valence electrons. The summed E-state index contributed by atoms with van der Waals surface area (Å²) in [6.07, 6.45) is 19.1. The summed E-state index contributed by atoms with van der Waals surface area (Å²) in [7, 11) is 0. The molecular formula is C99H74N4. The second-order valence-electron chi connectivity index (χ2n) is 29.0. The van der Waals surface area contributed by atoms with Crippen molar-refractivity contribution in [1.29, 1.82) is 0 Å².